The summed E-state index contributed by atoms with van der Waals surface area (Å²) >= 11 is 9.54. The van der Waals surface area contributed by atoms with Crippen LogP contribution in [0.5, 0.6) is 0 Å². The molecule has 2 aromatic carbocycles. The second-order valence-corrected chi connectivity index (χ2v) is 6.42. The molecule has 0 radical (unpaired) electrons. The molecule has 0 aliphatic heterocycles. The highest BCUT2D eigenvalue weighted by Crippen LogP contribution is 2.27. The minimum atomic E-state index is -0.0822. The summed E-state index contributed by atoms with van der Waals surface area (Å²) in [5.41, 5.74) is 4.07. The van der Waals surface area contributed by atoms with Gasteiger partial charge in [0.15, 0.2) is 0 Å². The Morgan fingerprint density at radius 2 is 1.95 bits per heavy atom. The third kappa shape index (κ3) is 3.66. The number of carbonyl (C=O) groups is 1. The van der Waals surface area contributed by atoms with Gasteiger partial charge in [0, 0.05) is 18.1 Å². The largest absolute Gasteiger partial charge is 0.337 e. The van der Waals surface area contributed by atoms with Crippen molar-refractivity contribution in [3.8, 4) is 0 Å². The lowest BCUT2D eigenvalue weighted by Crippen LogP contribution is -2.26. The van der Waals surface area contributed by atoms with E-state index in [9.17, 15) is 4.79 Å². The van der Waals surface area contributed by atoms with E-state index in [1.54, 1.807) is 18.0 Å². The molecule has 0 spiro atoms. The van der Waals surface area contributed by atoms with Crippen molar-refractivity contribution in [3.63, 3.8) is 0 Å². The third-order valence-corrected chi connectivity index (χ3v) is 4.73. The Labute approximate surface area is 138 Å². The zero-order chi connectivity index (χ0) is 15.6. The number of hydrogen-bond acceptors (Lipinski definition) is 1. The lowest BCUT2D eigenvalue weighted by molar-refractivity contribution is 0.0785. The highest BCUT2D eigenvalue weighted by Gasteiger charge is 2.17. The van der Waals surface area contributed by atoms with Crippen molar-refractivity contribution in [3.05, 3.63) is 68.1 Å². The average molecular weight is 367 g/mol. The van der Waals surface area contributed by atoms with Gasteiger partial charge >= 0.3 is 0 Å². The Morgan fingerprint density at radius 3 is 2.62 bits per heavy atom. The number of aryl methyl sites for hydroxylation is 2. The minimum Gasteiger partial charge on any atom is -0.337 e. The second kappa shape index (κ2) is 6.63. The van der Waals surface area contributed by atoms with E-state index in [4.69, 9.17) is 11.6 Å². The first-order valence-electron chi connectivity index (χ1n) is 6.65. The summed E-state index contributed by atoms with van der Waals surface area (Å²) in [4.78, 5) is 14.2. The molecule has 0 fully saturated rings. The van der Waals surface area contributed by atoms with Crippen molar-refractivity contribution in [2.75, 3.05) is 7.05 Å². The zero-order valence-electron chi connectivity index (χ0n) is 12.3. The fraction of sp³-hybridized carbons (Fsp3) is 0.235. The molecule has 2 nitrogen and oxygen atoms in total. The average Bonchev–Trinajstić information content (AvgIpc) is 2.44. The topological polar surface area (TPSA) is 20.3 Å². The van der Waals surface area contributed by atoms with Crippen LogP contribution in [-0.2, 0) is 6.54 Å². The number of amides is 1. The highest BCUT2D eigenvalue weighted by atomic mass is 79.9. The molecule has 1 amide bonds. The van der Waals surface area contributed by atoms with Crippen molar-refractivity contribution in [2.24, 2.45) is 0 Å². The Hall–Kier alpha value is -1.32. The van der Waals surface area contributed by atoms with Crippen LogP contribution >= 0.6 is 27.5 Å². The van der Waals surface area contributed by atoms with Crippen molar-refractivity contribution < 1.29 is 4.79 Å². The van der Waals surface area contributed by atoms with Crippen LogP contribution in [0.15, 0.2) is 40.9 Å². The summed E-state index contributed by atoms with van der Waals surface area (Å²) in [6, 6.07) is 11.6. The van der Waals surface area contributed by atoms with Crippen LogP contribution in [0.25, 0.3) is 0 Å². The normalized spacial score (nSPS) is 10.5. The minimum absolute atomic E-state index is 0.0822. The standard InChI is InChI=1S/C17H17BrClNO/c1-11-7-8-13(12(2)9-11)10-20(3)17(21)14-5-4-6-15(18)16(14)19/h4-9H,10H2,1-3H3. The van der Waals surface area contributed by atoms with Gasteiger partial charge in [0.05, 0.1) is 10.6 Å². The summed E-state index contributed by atoms with van der Waals surface area (Å²) in [6.45, 7) is 4.69. The molecule has 0 bridgehead atoms. The summed E-state index contributed by atoms with van der Waals surface area (Å²) in [6.07, 6.45) is 0. The number of benzene rings is 2. The van der Waals surface area contributed by atoms with Gasteiger partial charge in [0.1, 0.15) is 0 Å². The molecule has 0 aliphatic carbocycles. The maximum absolute atomic E-state index is 12.5. The molecule has 0 atom stereocenters. The molecule has 0 unspecified atom stereocenters. The van der Waals surface area contributed by atoms with Gasteiger partial charge in [-0.25, -0.2) is 0 Å². The van der Waals surface area contributed by atoms with Crippen LogP contribution in [0, 0.1) is 13.8 Å². The van der Waals surface area contributed by atoms with Gasteiger partial charge < -0.3 is 4.90 Å². The van der Waals surface area contributed by atoms with Crippen LogP contribution in [0.4, 0.5) is 0 Å². The molecule has 0 saturated carbocycles. The maximum Gasteiger partial charge on any atom is 0.255 e. The van der Waals surface area contributed by atoms with E-state index in [0.717, 1.165) is 10.0 Å². The fourth-order valence-corrected chi connectivity index (χ4v) is 2.80. The molecule has 2 rings (SSSR count). The van der Waals surface area contributed by atoms with Crippen LogP contribution in [0.1, 0.15) is 27.0 Å². The van der Waals surface area contributed by atoms with E-state index < -0.39 is 0 Å². The smallest absolute Gasteiger partial charge is 0.255 e. The second-order valence-electron chi connectivity index (χ2n) is 5.19. The van der Waals surface area contributed by atoms with Crippen LogP contribution in [0.2, 0.25) is 5.02 Å². The monoisotopic (exact) mass is 365 g/mol. The SMILES string of the molecule is Cc1ccc(CN(C)C(=O)c2cccc(Br)c2Cl)c(C)c1. The Kier molecular flexibility index (Phi) is 5.07. The number of nitrogens with zero attached hydrogens (tertiary/aromatic N) is 1. The molecule has 0 heterocycles. The molecule has 110 valence electrons. The molecule has 0 saturated heterocycles. The van der Waals surface area contributed by atoms with Crippen molar-refractivity contribution in [1.29, 1.82) is 0 Å². The zero-order valence-corrected chi connectivity index (χ0v) is 14.6. The molecule has 0 aromatic heterocycles. The first kappa shape index (κ1) is 16.1. The van der Waals surface area contributed by atoms with E-state index in [-0.39, 0.29) is 5.91 Å². The van der Waals surface area contributed by atoms with Crippen molar-refractivity contribution in [2.45, 2.75) is 20.4 Å². The lowest BCUT2D eigenvalue weighted by atomic mass is 10.1. The predicted octanol–water partition coefficient (Wildman–Crippen LogP) is 4.99. The number of hydrogen-bond donors (Lipinski definition) is 0. The third-order valence-electron chi connectivity index (χ3n) is 3.43. The molecule has 4 heteroatoms. The highest BCUT2D eigenvalue weighted by molar-refractivity contribution is 9.10. The molecular formula is C17H17BrClNO. The predicted molar refractivity (Wildman–Crippen MR) is 90.9 cm³/mol. The summed E-state index contributed by atoms with van der Waals surface area (Å²) in [5, 5.41) is 0.454. The Morgan fingerprint density at radius 1 is 1.24 bits per heavy atom. The van der Waals surface area contributed by atoms with Gasteiger partial charge in [-0.2, -0.15) is 0 Å². The quantitative estimate of drug-likeness (QED) is 0.749. The number of carbonyl (C=O) groups excluding carboxylic acids is 1. The van der Waals surface area contributed by atoms with Gasteiger partial charge in [-0.05, 0) is 53.0 Å². The van der Waals surface area contributed by atoms with E-state index in [1.807, 2.05) is 12.1 Å². The van der Waals surface area contributed by atoms with Crippen LogP contribution < -0.4 is 0 Å². The Bertz CT molecular complexity index is 684. The summed E-state index contributed by atoms with van der Waals surface area (Å²) in [7, 11) is 1.79. The van der Waals surface area contributed by atoms with Gasteiger partial charge in [0.25, 0.3) is 5.91 Å². The number of rotatable bonds is 3. The van der Waals surface area contributed by atoms with E-state index in [0.29, 0.717) is 17.1 Å². The molecular weight excluding hydrogens is 350 g/mol. The summed E-state index contributed by atoms with van der Waals surface area (Å²) < 4.78 is 0.731. The first-order valence-corrected chi connectivity index (χ1v) is 7.83. The molecule has 21 heavy (non-hydrogen) atoms. The van der Waals surface area contributed by atoms with E-state index >= 15 is 0 Å². The fourth-order valence-electron chi connectivity index (χ4n) is 2.23. The summed E-state index contributed by atoms with van der Waals surface area (Å²) in [5.74, 6) is -0.0822. The van der Waals surface area contributed by atoms with Crippen LogP contribution in [0.3, 0.4) is 0 Å². The Balaban J connectivity index is 2.21. The number of halogens is 2. The lowest BCUT2D eigenvalue weighted by Gasteiger charge is -2.19. The molecule has 0 N–H and O–H groups in total. The van der Waals surface area contributed by atoms with Gasteiger partial charge in [-0.3, -0.25) is 4.79 Å². The molecule has 0 aliphatic rings. The van der Waals surface area contributed by atoms with E-state index in [1.165, 1.54) is 11.1 Å². The van der Waals surface area contributed by atoms with Crippen molar-refractivity contribution in [1.82, 2.24) is 4.90 Å². The van der Waals surface area contributed by atoms with Crippen molar-refractivity contribution >= 4 is 33.4 Å². The van der Waals surface area contributed by atoms with Crippen LogP contribution in [-0.4, -0.2) is 17.9 Å². The van der Waals surface area contributed by atoms with Gasteiger partial charge in [0.2, 0.25) is 0 Å². The maximum atomic E-state index is 12.5. The van der Waals surface area contributed by atoms with E-state index in [2.05, 4.69) is 48.0 Å². The molecule has 2 aromatic rings. The van der Waals surface area contributed by atoms with Gasteiger partial charge in [-0.1, -0.05) is 41.4 Å². The van der Waals surface area contributed by atoms with Gasteiger partial charge in [-0.15, -0.1) is 0 Å². The first-order chi connectivity index (χ1) is 9.90.